The summed E-state index contributed by atoms with van der Waals surface area (Å²) in [6.07, 6.45) is 1.62. The highest BCUT2D eigenvalue weighted by atomic mass is 79.9. The van der Waals surface area contributed by atoms with Crippen LogP contribution in [0.2, 0.25) is 0 Å². The van der Waals surface area contributed by atoms with Gasteiger partial charge in [0.2, 0.25) is 0 Å². The minimum absolute atomic E-state index is 0.0750. The Bertz CT molecular complexity index is 357. The van der Waals surface area contributed by atoms with Crippen molar-refractivity contribution in [3.05, 3.63) is 28.5 Å². The van der Waals surface area contributed by atoms with Crippen molar-refractivity contribution in [2.45, 2.75) is 0 Å². The van der Waals surface area contributed by atoms with Gasteiger partial charge in [-0.2, -0.15) is 0 Å². The summed E-state index contributed by atoms with van der Waals surface area (Å²) in [5.74, 6) is -0.0750. The van der Waals surface area contributed by atoms with Gasteiger partial charge in [0.1, 0.15) is 5.69 Å². The highest BCUT2D eigenvalue weighted by Gasteiger charge is 2.15. The van der Waals surface area contributed by atoms with E-state index in [0.717, 1.165) is 9.80 Å². The summed E-state index contributed by atoms with van der Waals surface area (Å²) in [4.78, 5) is 17.9. The van der Waals surface area contributed by atoms with Gasteiger partial charge in [-0.3, -0.25) is 4.79 Å². The van der Waals surface area contributed by atoms with Gasteiger partial charge in [-0.1, -0.05) is 15.9 Å². The molecule has 1 aromatic heterocycles. The van der Waals surface area contributed by atoms with Crippen LogP contribution in [0, 0.1) is 0 Å². The standard InChI is InChI=1S/C11H14Br2N2O2/c1-17-7-6-15(5-4-12)11(16)10-3-2-9(13)8-14-10/h2-3,8H,4-7H2,1H3. The Morgan fingerprint density at radius 3 is 2.76 bits per heavy atom. The van der Waals surface area contributed by atoms with Crippen LogP contribution >= 0.6 is 31.9 Å². The van der Waals surface area contributed by atoms with Crippen molar-refractivity contribution in [2.75, 3.05) is 32.1 Å². The predicted molar refractivity (Wildman–Crippen MR) is 73.5 cm³/mol. The number of ether oxygens (including phenoxy) is 1. The van der Waals surface area contributed by atoms with Gasteiger partial charge in [-0.05, 0) is 28.1 Å². The van der Waals surface area contributed by atoms with Crippen LogP contribution in [0.3, 0.4) is 0 Å². The zero-order valence-corrected chi connectivity index (χ0v) is 12.7. The first-order chi connectivity index (χ1) is 8.19. The van der Waals surface area contributed by atoms with E-state index in [4.69, 9.17) is 4.74 Å². The van der Waals surface area contributed by atoms with E-state index in [0.29, 0.717) is 25.4 Å². The second-order valence-corrected chi connectivity index (χ2v) is 5.04. The summed E-state index contributed by atoms with van der Waals surface area (Å²) in [6, 6.07) is 3.52. The number of halogens is 2. The van der Waals surface area contributed by atoms with Gasteiger partial charge in [0.25, 0.3) is 5.91 Å². The van der Waals surface area contributed by atoms with Crippen molar-refractivity contribution in [1.29, 1.82) is 0 Å². The number of hydrogen-bond donors (Lipinski definition) is 0. The molecule has 0 N–H and O–H groups in total. The fraction of sp³-hybridized carbons (Fsp3) is 0.455. The molecule has 1 amide bonds. The maximum atomic E-state index is 12.1. The molecule has 0 aromatic carbocycles. The molecule has 1 heterocycles. The minimum Gasteiger partial charge on any atom is -0.383 e. The first-order valence-corrected chi connectivity index (χ1v) is 7.06. The fourth-order valence-electron chi connectivity index (χ4n) is 1.28. The molecule has 0 aliphatic carbocycles. The van der Waals surface area contributed by atoms with Crippen molar-refractivity contribution in [3.8, 4) is 0 Å². The molecular weight excluding hydrogens is 352 g/mol. The zero-order valence-electron chi connectivity index (χ0n) is 9.53. The number of methoxy groups -OCH3 is 1. The maximum absolute atomic E-state index is 12.1. The summed E-state index contributed by atoms with van der Waals surface area (Å²) >= 11 is 6.62. The number of hydrogen-bond acceptors (Lipinski definition) is 3. The van der Waals surface area contributed by atoms with E-state index in [1.54, 1.807) is 24.3 Å². The van der Waals surface area contributed by atoms with Gasteiger partial charge < -0.3 is 9.64 Å². The Kier molecular flexibility index (Phi) is 6.69. The molecule has 0 unspecified atom stereocenters. The van der Waals surface area contributed by atoms with Crippen LogP contribution in [0.15, 0.2) is 22.8 Å². The van der Waals surface area contributed by atoms with Crippen molar-refractivity contribution >= 4 is 37.8 Å². The highest BCUT2D eigenvalue weighted by molar-refractivity contribution is 9.10. The van der Waals surface area contributed by atoms with Crippen LogP contribution < -0.4 is 0 Å². The SMILES string of the molecule is COCCN(CCBr)C(=O)c1ccc(Br)cn1. The predicted octanol–water partition coefficient (Wildman–Crippen LogP) is 2.33. The largest absolute Gasteiger partial charge is 0.383 e. The molecule has 0 saturated heterocycles. The third kappa shape index (κ3) is 4.73. The lowest BCUT2D eigenvalue weighted by Crippen LogP contribution is -2.35. The van der Waals surface area contributed by atoms with Crippen LogP contribution in [-0.4, -0.2) is 47.9 Å². The lowest BCUT2D eigenvalue weighted by Gasteiger charge is -2.20. The topological polar surface area (TPSA) is 42.4 Å². The number of aromatic nitrogens is 1. The molecule has 1 rings (SSSR count). The van der Waals surface area contributed by atoms with Gasteiger partial charge in [-0.15, -0.1) is 0 Å². The molecule has 0 aliphatic heterocycles. The Balaban J connectivity index is 2.72. The van der Waals surface area contributed by atoms with E-state index in [-0.39, 0.29) is 5.91 Å². The second-order valence-electron chi connectivity index (χ2n) is 3.34. The molecule has 0 atom stereocenters. The normalized spacial score (nSPS) is 10.3. The molecule has 0 aliphatic rings. The first kappa shape index (κ1) is 14.6. The van der Waals surface area contributed by atoms with Crippen molar-refractivity contribution < 1.29 is 9.53 Å². The molecule has 17 heavy (non-hydrogen) atoms. The molecule has 0 bridgehead atoms. The summed E-state index contributed by atoms with van der Waals surface area (Å²) in [5.41, 5.74) is 0.449. The Morgan fingerprint density at radius 1 is 1.47 bits per heavy atom. The lowest BCUT2D eigenvalue weighted by molar-refractivity contribution is 0.0703. The van der Waals surface area contributed by atoms with Crippen LogP contribution in [0.1, 0.15) is 10.5 Å². The second kappa shape index (κ2) is 7.79. The minimum atomic E-state index is -0.0750. The molecule has 0 spiro atoms. The monoisotopic (exact) mass is 364 g/mol. The quantitative estimate of drug-likeness (QED) is 0.726. The van der Waals surface area contributed by atoms with Gasteiger partial charge in [-0.25, -0.2) is 4.98 Å². The van der Waals surface area contributed by atoms with Gasteiger partial charge >= 0.3 is 0 Å². The third-order valence-corrected chi connectivity index (χ3v) is 2.98. The number of carbonyl (C=O) groups is 1. The summed E-state index contributed by atoms with van der Waals surface area (Å²) in [5, 5.41) is 0.735. The van der Waals surface area contributed by atoms with Gasteiger partial charge in [0.05, 0.1) is 6.61 Å². The summed E-state index contributed by atoms with van der Waals surface area (Å²) in [6.45, 7) is 1.73. The summed E-state index contributed by atoms with van der Waals surface area (Å²) in [7, 11) is 1.62. The third-order valence-electron chi connectivity index (χ3n) is 2.15. The number of carbonyl (C=O) groups excluding carboxylic acids is 1. The highest BCUT2D eigenvalue weighted by Crippen LogP contribution is 2.09. The van der Waals surface area contributed by atoms with E-state index in [2.05, 4.69) is 36.8 Å². The fourth-order valence-corrected chi connectivity index (χ4v) is 1.95. The number of pyridine rings is 1. The van der Waals surface area contributed by atoms with E-state index in [1.807, 2.05) is 6.07 Å². The zero-order chi connectivity index (χ0) is 12.7. The van der Waals surface area contributed by atoms with Crippen molar-refractivity contribution in [2.24, 2.45) is 0 Å². The van der Waals surface area contributed by atoms with Crippen LogP contribution in [-0.2, 0) is 4.74 Å². The van der Waals surface area contributed by atoms with Crippen LogP contribution in [0.25, 0.3) is 0 Å². The molecule has 0 radical (unpaired) electrons. The Morgan fingerprint density at radius 2 is 2.24 bits per heavy atom. The molecule has 1 aromatic rings. The van der Waals surface area contributed by atoms with E-state index in [1.165, 1.54) is 0 Å². The Hall–Kier alpha value is -0.460. The maximum Gasteiger partial charge on any atom is 0.272 e. The van der Waals surface area contributed by atoms with E-state index < -0.39 is 0 Å². The average Bonchev–Trinajstić information content (AvgIpc) is 2.34. The molecule has 6 heteroatoms. The average molecular weight is 366 g/mol. The van der Waals surface area contributed by atoms with Crippen LogP contribution in [0.5, 0.6) is 0 Å². The van der Waals surface area contributed by atoms with Crippen molar-refractivity contribution in [3.63, 3.8) is 0 Å². The molecule has 4 nitrogen and oxygen atoms in total. The molecule has 94 valence electrons. The van der Waals surface area contributed by atoms with Crippen molar-refractivity contribution in [1.82, 2.24) is 9.88 Å². The van der Waals surface area contributed by atoms with E-state index >= 15 is 0 Å². The molecular formula is C11H14Br2N2O2. The molecule has 0 fully saturated rings. The number of amides is 1. The summed E-state index contributed by atoms with van der Waals surface area (Å²) < 4.78 is 5.85. The Labute approximate surface area is 118 Å². The lowest BCUT2D eigenvalue weighted by atomic mass is 10.3. The first-order valence-electron chi connectivity index (χ1n) is 5.14. The number of nitrogens with zero attached hydrogens (tertiary/aromatic N) is 2. The number of rotatable bonds is 6. The van der Waals surface area contributed by atoms with Gasteiger partial charge in [0, 0.05) is 36.2 Å². The number of alkyl halides is 1. The smallest absolute Gasteiger partial charge is 0.272 e. The van der Waals surface area contributed by atoms with Gasteiger partial charge in [0.15, 0.2) is 0 Å². The van der Waals surface area contributed by atoms with E-state index in [9.17, 15) is 4.79 Å². The van der Waals surface area contributed by atoms with Crippen LogP contribution in [0.4, 0.5) is 0 Å². The molecule has 0 saturated carbocycles.